The minimum atomic E-state index is -3.24. The van der Waals surface area contributed by atoms with Crippen LogP contribution in [0, 0.1) is 5.82 Å². The molecule has 10 heteroatoms. The van der Waals surface area contributed by atoms with Gasteiger partial charge in [-0.3, -0.25) is 0 Å². The lowest BCUT2D eigenvalue weighted by Gasteiger charge is -2.13. The molecule has 0 aromatic heterocycles. The average molecular weight is 570 g/mol. The average Bonchev–Trinajstić information content (AvgIpc) is 2.65. The molecule has 0 atom stereocenters. The van der Waals surface area contributed by atoms with Crippen molar-refractivity contribution in [2.75, 3.05) is 26.0 Å². The first-order chi connectivity index (χ1) is 13.8. The van der Waals surface area contributed by atoms with Crippen molar-refractivity contribution < 1.29 is 17.5 Å². The minimum Gasteiger partial charge on any atom is -0.490 e. The third kappa shape index (κ3) is 9.48. The molecular formula is C20H26ClFIN3O3S. The van der Waals surface area contributed by atoms with Gasteiger partial charge in [0, 0.05) is 12.8 Å². The summed E-state index contributed by atoms with van der Waals surface area (Å²) in [5, 5.41) is 6.75. The lowest BCUT2D eigenvalue weighted by Crippen LogP contribution is -2.39. The van der Waals surface area contributed by atoms with E-state index in [4.69, 9.17) is 16.3 Å². The fourth-order valence-electron chi connectivity index (χ4n) is 2.56. The fraction of sp³-hybridized carbons (Fsp3) is 0.350. The van der Waals surface area contributed by atoms with E-state index in [9.17, 15) is 12.8 Å². The third-order valence-corrected chi connectivity index (χ3v) is 4.97. The molecule has 2 aromatic rings. The summed E-state index contributed by atoms with van der Waals surface area (Å²) < 4.78 is 42.5. The van der Waals surface area contributed by atoms with Gasteiger partial charge in [-0.2, -0.15) is 0 Å². The summed E-state index contributed by atoms with van der Waals surface area (Å²) in [5.41, 5.74) is 1.07. The second-order valence-corrected chi connectivity index (χ2v) is 8.93. The number of guanidine groups is 1. The first-order valence-corrected chi connectivity index (χ1v) is 11.6. The third-order valence-electron chi connectivity index (χ3n) is 3.83. The summed E-state index contributed by atoms with van der Waals surface area (Å²) in [6.45, 7) is 3.54. The van der Waals surface area contributed by atoms with Crippen LogP contribution in [0.15, 0.2) is 47.5 Å². The van der Waals surface area contributed by atoms with Crippen molar-refractivity contribution in [2.24, 2.45) is 4.99 Å². The lowest BCUT2D eigenvalue weighted by atomic mass is 10.1. The molecule has 2 N–H and O–H groups in total. The van der Waals surface area contributed by atoms with Crippen molar-refractivity contribution in [1.82, 2.24) is 10.6 Å². The number of benzene rings is 2. The first kappa shape index (κ1) is 26.4. The Morgan fingerprint density at radius 2 is 1.90 bits per heavy atom. The highest BCUT2D eigenvalue weighted by Gasteiger charge is 2.11. The van der Waals surface area contributed by atoms with Gasteiger partial charge in [-0.25, -0.2) is 17.8 Å². The Balaban J connectivity index is 0.00000450. The number of rotatable bonds is 9. The van der Waals surface area contributed by atoms with Gasteiger partial charge in [0.2, 0.25) is 0 Å². The fourth-order valence-corrected chi connectivity index (χ4v) is 3.60. The van der Waals surface area contributed by atoms with Crippen LogP contribution in [0.5, 0.6) is 5.75 Å². The zero-order valence-electron chi connectivity index (χ0n) is 16.8. The van der Waals surface area contributed by atoms with E-state index in [1.807, 2.05) is 19.1 Å². The summed E-state index contributed by atoms with van der Waals surface area (Å²) >= 11 is 6.05. The van der Waals surface area contributed by atoms with Gasteiger partial charge in [0.25, 0.3) is 0 Å². The van der Waals surface area contributed by atoms with Crippen LogP contribution < -0.4 is 15.4 Å². The maximum atomic E-state index is 13.6. The van der Waals surface area contributed by atoms with Crippen molar-refractivity contribution in [3.63, 3.8) is 0 Å². The first-order valence-electron chi connectivity index (χ1n) is 9.13. The van der Waals surface area contributed by atoms with Crippen LogP contribution in [0.25, 0.3) is 0 Å². The molecule has 0 unspecified atom stereocenters. The summed E-state index contributed by atoms with van der Waals surface area (Å²) in [6, 6.07) is 11.3. The van der Waals surface area contributed by atoms with Crippen LogP contribution in [0.2, 0.25) is 5.02 Å². The van der Waals surface area contributed by atoms with Crippen molar-refractivity contribution in [3.8, 4) is 5.75 Å². The molecular weight excluding hydrogens is 544 g/mol. The lowest BCUT2D eigenvalue weighted by molar-refractivity contribution is 0.322. The second-order valence-electron chi connectivity index (χ2n) is 6.38. The van der Waals surface area contributed by atoms with Crippen LogP contribution in [-0.4, -0.2) is 40.3 Å². The molecule has 0 fully saturated rings. The summed E-state index contributed by atoms with van der Waals surface area (Å²) in [4.78, 5) is 4.43. The zero-order chi connectivity index (χ0) is 21.3. The van der Waals surface area contributed by atoms with Crippen LogP contribution in [0.3, 0.4) is 0 Å². The SMILES string of the molecule is CCNC(=NCc1cc(F)ccc1CS(C)(=O)=O)NCCOc1ccccc1Cl.I. The Hall–Kier alpha value is -1.59. The van der Waals surface area contributed by atoms with E-state index in [-0.39, 0.29) is 36.3 Å². The van der Waals surface area contributed by atoms with Gasteiger partial charge in [0.15, 0.2) is 15.8 Å². The van der Waals surface area contributed by atoms with Crippen molar-refractivity contribution in [2.45, 2.75) is 19.2 Å². The Kier molecular flexibility index (Phi) is 11.4. The molecule has 0 saturated carbocycles. The summed E-state index contributed by atoms with van der Waals surface area (Å²) in [5.74, 6) is 0.528. The highest BCUT2D eigenvalue weighted by atomic mass is 127. The quantitative estimate of drug-likeness (QED) is 0.208. The van der Waals surface area contributed by atoms with Crippen molar-refractivity contribution in [3.05, 3.63) is 64.4 Å². The van der Waals surface area contributed by atoms with E-state index in [1.54, 1.807) is 12.1 Å². The van der Waals surface area contributed by atoms with E-state index in [1.165, 1.54) is 18.2 Å². The van der Waals surface area contributed by atoms with E-state index in [2.05, 4.69) is 15.6 Å². The smallest absolute Gasteiger partial charge is 0.191 e. The van der Waals surface area contributed by atoms with E-state index < -0.39 is 15.7 Å². The molecule has 0 amide bonds. The number of sulfone groups is 1. The molecule has 0 aliphatic rings. The molecule has 30 heavy (non-hydrogen) atoms. The molecule has 0 saturated heterocycles. The molecule has 0 aliphatic heterocycles. The van der Waals surface area contributed by atoms with E-state index in [0.717, 1.165) is 6.26 Å². The van der Waals surface area contributed by atoms with E-state index in [0.29, 0.717) is 47.6 Å². The van der Waals surface area contributed by atoms with Crippen LogP contribution in [-0.2, 0) is 22.1 Å². The molecule has 0 bridgehead atoms. The second kappa shape index (κ2) is 13.0. The van der Waals surface area contributed by atoms with Crippen LogP contribution in [0.4, 0.5) is 4.39 Å². The predicted octanol–water partition coefficient (Wildman–Crippen LogP) is 3.78. The van der Waals surface area contributed by atoms with Gasteiger partial charge >= 0.3 is 0 Å². The van der Waals surface area contributed by atoms with Gasteiger partial charge in [-0.15, -0.1) is 24.0 Å². The number of aliphatic imine (C=N–C) groups is 1. The van der Waals surface area contributed by atoms with Gasteiger partial charge in [0.05, 0.1) is 23.9 Å². The monoisotopic (exact) mass is 569 g/mol. The summed E-state index contributed by atoms with van der Waals surface area (Å²) in [7, 11) is -3.24. The van der Waals surface area contributed by atoms with Crippen LogP contribution >= 0.6 is 35.6 Å². The number of nitrogens with zero attached hydrogens (tertiary/aromatic N) is 1. The zero-order valence-corrected chi connectivity index (χ0v) is 20.7. The van der Waals surface area contributed by atoms with E-state index >= 15 is 0 Å². The molecule has 166 valence electrons. The maximum Gasteiger partial charge on any atom is 0.191 e. The Bertz CT molecular complexity index is 958. The van der Waals surface area contributed by atoms with Gasteiger partial charge < -0.3 is 15.4 Å². The Labute approximate surface area is 199 Å². The maximum absolute atomic E-state index is 13.6. The molecule has 0 heterocycles. The molecule has 2 rings (SSSR count). The summed E-state index contributed by atoms with van der Waals surface area (Å²) in [6.07, 6.45) is 1.15. The highest BCUT2D eigenvalue weighted by Crippen LogP contribution is 2.22. The van der Waals surface area contributed by atoms with Gasteiger partial charge in [0.1, 0.15) is 18.2 Å². The Morgan fingerprint density at radius 3 is 2.57 bits per heavy atom. The molecule has 0 radical (unpaired) electrons. The molecule has 0 aliphatic carbocycles. The normalized spacial score (nSPS) is 11.5. The number of hydrogen-bond donors (Lipinski definition) is 2. The number of halogens is 3. The van der Waals surface area contributed by atoms with Crippen molar-refractivity contribution in [1.29, 1.82) is 0 Å². The number of hydrogen-bond acceptors (Lipinski definition) is 4. The van der Waals surface area contributed by atoms with Crippen LogP contribution in [0.1, 0.15) is 18.1 Å². The van der Waals surface area contributed by atoms with Gasteiger partial charge in [-0.1, -0.05) is 29.8 Å². The minimum absolute atomic E-state index is 0. The van der Waals surface area contributed by atoms with Gasteiger partial charge in [-0.05, 0) is 42.3 Å². The Morgan fingerprint density at radius 1 is 1.17 bits per heavy atom. The highest BCUT2D eigenvalue weighted by molar-refractivity contribution is 14.0. The number of para-hydroxylation sites is 1. The molecule has 2 aromatic carbocycles. The standard InChI is InChI=1S/C20H25ClFN3O3S.HI/c1-3-23-20(24-10-11-28-19-7-5-4-6-18(19)21)25-13-16-12-17(22)9-8-15(16)14-29(2,26)27;/h4-9,12H,3,10-11,13-14H2,1-2H3,(H2,23,24,25);1H. The number of ether oxygens (including phenoxy) is 1. The molecule has 0 spiro atoms. The molecule has 6 nitrogen and oxygen atoms in total. The predicted molar refractivity (Wildman–Crippen MR) is 130 cm³/mol. The largest absolute Gasteiger partial charge is 0.490 e. The van der Waals surface area contributed by atoms with Crippen molar-refractivity contribution >= 4 is 51.4 Å². The number of nitrogens with one attached hydrogen (secondary N) is 2. The topological polar surface area (TPSA) is 79.8 Å².